The molecule has 3 aromatic heterocycles. The minimum absolute atomic E-state index is 0.823. The molecule has 0 aliphatic rings. The first kappa shape index (κ1) is 12.3. The third-order valence-electron chi connectivity index (χ3n) is 2.94. The van der Waals surface area contributed by atoms with Crippen molar-refractivity contribution in [2.24, 2.45) is 0 Å². The molecule has 0 atom stereocenters. The van der Waals surface area contributed by atoms with Gasteiger partial charge in [-0.05, 0) is 24.5 Å². The first-order chi connectivity index (χ1) is 9.83. The van der Waals surface area contributed by atoms with Crippen molar-refractivity contribution in [2.45, 2.75) is 4.34 Å². The van der Waals surface area contributed by atoms with E-state index in [1.807, 2.05) is 30.7 Å². The Balaban J connectivity index is 1.88. The molecule has 3 heterocycles. The van der Waals surface area contributed by atoms with Gasteiger partial charge in [0.25, 0.3) is 0 Å². The number of pyridine rings is 1. The Morgan fingerprint density at radius 1 is 1.05 bits per heavy atom. The fraction of sp³-hybridized carbons (Fsp3) is 0.0714. The van der Waals surface area contributed by atoms with Crippen LogP contribution in [0.1, 0.15) is 0 Å². The third kappa shape index (κ3) is 2.00. The Morgan fingerprint density at radius 2 is 1.95 bits per heavy atom. The molecule has 0 fully saturated rings. The Bertz CT molecular complexity index is 877. The molecular weight excluding hydrogens is 306 g/mol. The van der Waals surface area contributed by atoms with Crippen molar-refractivity contribution in [3.8, 4) is 10.6 Å². The normalized spacial score (nSPS) is 11.4. The van der Waals surface area contributed by atoms with Crippen LogP contribution in [0.5, 0.6) is 0 Å². The summed E-state index contributed by atoms with van der Waals surface area (Å²) in [4.78, 5) is 13.6. The zero-order valence-corrected chi connectivity index (χ0v) is 13.0. The first-order valence-electron chi connectivity index (χ1n) is 6.00. The van der Waals surface area contributed by atoms with Gasteiger partial charge in [-0.15, -0.1) is 22.7 Å². The van der Waals surface area contributed by atoms with Crippen molar-refractivity contribution in [3.05, 3.63) is 36.5 Å². The van der Waals surface area contributed by atoms with Crippen molar-refractivity contribution in [2.75, 3.05) is 6.26 Å². The molecule has 1 aromatic carbocycles. The van der Waals surface area contributed by atoms with E-state index >= 15 is 0 Å². The van der Waals surface area contributed by atoms with Crippen LogP contribution in [0.4, 0.5) is 0 Å². The van der Waals surface area contributed by atoms with Crippen LogP contribution in [0, 0.1) is 0 Å². The summed E-state index contributed by atoms with van der Waals surface area (Å²) in [6.07, 6.45) is 3.90. The van der Waals surface area contributed by atoms with Crippen molar-refractivity contribution < 1.29 is 0 Å². The number of fused-ring (bicyclic) bond motifs is 2. The maximum absolute atomic E-state index is 4.67. The lowest BCUT2D eigenvalue weighted by Crippen LogP contribution is -1.80. The van der Waals surface area contributed by atoms with Crippen LogP contribution >= 0.6 is 34.4 Å². The maximum Gasteiger partial charge on any atom is 0.171 e. The summed E-state index contributed by atoms with van der Waals surface area (Å²) in [6.45, 7) is 0. The van der Waals surface area contributed by atoms with Gasteiger partial charge in [0.15, 0.2) is 9.99 Å². The van der Waals surface area contributed by atoms with Gasteiger partial charge in [-0.2, -0.15) is 0 Å². The quantitative estimate of drug-likeness (QED) is 0.503. The zero-order valence-electron chi connectivity index (χ0n) is 10.5. The Labute approximate surface area is 127 Å². The van der Waals surface area contributed by atoms with Gasteiger partial charge in [0.1, 0.15) is 5.01 Å². The van der Waals surface area contributed by atoms with E-state index < -0.39 is 0 Å². The van der Waals surface area contributed by atoms with E-state index in [0.29, 0.717) is 0 Å². The Morgan fingerprint density at radius 3 is 2.80 bits per heavy atom. The number of aromatic nitrogens is 3. The second-order valence-electron chi connectivity index (χ2n) is 4.22. The molecule has 0 saturated carbocycles. The number of thiazole rings is 2. The van der Waals surface area contributed by atoms with E-state index in [-0.39, 0.29) is 0 Å². The molecule has 4 aromatic rings. The van der Waals surface area contributed by atoms with Crippen molar-refractivity contribution in [1.29, 1.82) is 0 Å². The Kier molecular flexibility index (Phi) is 2.94. The largest absolute Gasteiger partial charge is 0.236 e. The molecule has 0 aliphatic heterocycles. The van der Waals surface area contributed by atoms with Crippen LogP contribution in [0.3, 0.4) is 0 Å². The molecule has 0 saturated heterocycles. The fourth-order valence-electron chi connectivity index (χ4n) is 2.00. The summed E-state index contributed by atoms with van der Waals surface area (Å²) < 4.78 is 3.37. The van der Waals surface area contributed by atoms with Crippen LogP contribution in [-0.2, 0) is 0 Å². The SMILES string of the molecule is CSc1nc2ncc(-c3nc4ccccc4s3)cc2s1. The molecule has 4 rings (SSSR count). The summed E-state index contributed by atoms with van der Waals surface area (Å²) in [5.41, 5.74) is 2.93. The van der Waals surface area contributed by atoms with Gasteiger partial charge in [0.05, 0.1) is 14.9 Å². The number of thioether (sulfide) groups is 1. The highest BCUT2D eigenvalue weighted by Crippen LogP contribution is 2.33. The number of hydrogen-bond donors (Lipinski definition) is 0. The summed E-state index contributed by atoms with van der Waals surface area (Å²) in [5, 5.41) is 1.01. The average Bonchev–Trinajstić information content (AvgIpc) is 3.09. The standard InChI is InChI=1S/C14H9N3S3/c1-18-14-17-12-11(20-14)6-8(7-15-12)13-16-9-4-2-3-5-10(9)19-13/h2-7H,1H3. The van der Waals surface area contributed by atoms with Gasteiger partial charge in [-0.1, -0.05) is 23.9 Å². The minimum Gasteiger partial charge on any atom is -0.236 e. The van der Waals surface area contributed by atoms with Crippen LogP contribution in [-0.4, -0.2) is 21.2 Å². The summed E-state index contributed by atoms with van der Waals surface area (Å²) in [7, 11) is 0. The lowest BCUT2D eigenvalue weighted by molar-refractivity contribution is 1.24. The predicted octanol–water partition coefficient (Wildman–Crippen LogP) is 4.69. The molecule has 0 unspecified atom stereocenters. The van der Waals surface area contributed by atoms with E-state index in [9.17, 15) is 0 Å². The van der Waals surface area contributed by atoms with Gasteiger partial charge in [0.2, 0.25) is 0 Å². The number of benzene rings is 1. The molecule has 98 valence electrons. The highest BCUT2D eigenvalue weighted by atomic mass is 32.2. The fourth-order valence-corrected chi connectivity index (χ4v) is 4.42. The van der Waals surface area contributed by atoms with Crippen molar-refractivity contribution >= 4 is 55.0 Å². The van der Waals surface area contributed by atoms with E-state index in [0.717, 1.165) is 30.8 Å². The van der Waals surface area contributed by atoms with Gasteiger partial charge in [0, 0.05) is 11.8 Å². The minimum atomic E-state index is 0.823. The molecule has 3 nitrogen and oxygen atoms in total. The third-order valence-corrected chi connectivity index (χ3v) is 6.01. The number of hydrogen-bond acceptors (Lipinski definition) is 6. The molecule has 0 amide bonds. The lowest BCUT2D eigenvalue weighted by atomic mass is 10.3. The molecule has 0 aliphatic carbocycles. The second kappa shape index (κ2) is 4.80. The van der Waals surface area contributed by atoms with Gasteiger partial charge in [-0.3, -0.25) is 0 Å². The molecule has 0 bridgehead atoms. The maximum atomic E-state index is 4.67. The molecule has 0 N–H and O–H groups in total. The Hall–Kier alpha value is -1.50. The predicted molar refractivity (Wildman–Crippen MR) is 87.8 cm³/mol. The van der Waals surface area contributed by atoms with Gasteiger partial charge >= 0.3 is 0 Å². The molecule has 6 heteroatoms. The van der Waals surface area contributed by atoms with E-state index in [1.54, 1.807) is 34.4 Å². The number of para-hydroxylation sites is 1. The topological polar surface area (TPSA) is 38.7 Å². The average molecular weight is 315 g/mol. The first-order valence-corrected chi connectivity index (χ1v) is 8.86. The molecule has 0 radical (unpaired) electrons. The molecular formula is C14H9N3S3. The number of rotatable bonds is 2. The van der Waals surface area contributed by atoms with E-state index in [2.05, 4.69) is 27.1 Å². The van der Waals surface area contributed by atoms with Crippen LogP contribution in [0.2, 0.25) is 0 Å². The van der Waals surface area contributed by atoms with Crippen LogP contribution < -0.4 is 0 Å². The molecule has 0 spiro atoms. The van der Waals surface area contributed by atoms with Gasteiger partial charge in [-0.25, -0.2) is 15.0 Å². The van der Waals surface area contributed by atoms with Crippen LogP contribution in [0.25, 0.3) is 31.1 Å². The lowest BCUT2D eigenvalue weighted by Gasteiger charge is -1.94. The second-order valence-corrected chi connectivity index (χ2v) is 7.33. The molecule has 20 heavy (non-hydrogen) atoms. The highest BCUT2D eigenvalue weighted by Gasteiger charge is 2.10. The summed E-state index contributed by atoms with van der Waals surface area (Å²) in [5.74, 6) is 0. The highest BCUT2D eigenvalue weighted by molar-refractivity contribution is 8.00. The number of nitrogens with zero attached hydrogens (tertiary/aromatic N) is 3. The van der Waals surface area contributed by atoms with Gasteiger partial charge < -0.3 is 0 Å². The summed E-state index contributed by atoms with van der Waals surface area (Å²) >= 11 is 5.03. The summed E-state index contributed by atoms with van der Waals surface area (Å²) in [6, 6.07) is 10.3. The smallest absolute Gasteiger partial charge is 0.171 e. The van der Waals surface area contributed by atoms with Crippen molar-refractivity contribution in [3.63, 3.8) is 0 Å². The monoisotopic (exact) mass is 315 g/mol. The van der Waals surface area contributed by atoms with E-state index in [4.69, 9.17) is 0 Å². The van der Waals surface area contributed by atoms with Crippen molar-refractivity contribution in [1.82, 2.24) is 15.0 Å². The van der Waals surface area contributed by atoms with E-state index in [1.165, 1.54) is 4.70 Å². The van der Waals surface area contributed by atoms with Crippen LogP contribution in [0.15, 0.2) is 40.9 Å². The zero-order chi connectivity index (χ0) is 13.5.